The van der Waals surface area contributed by atoms with Crippen molar-refractivity contribution in [2.45, 2.75) is 19.8 Å². The summed E-state index contributed by atoms with van der Waals surface area (Å²) in [5.41, 5.74) is 8.02. The van der Waals surface area contributed by atoms with Crippen molar-refractivity contribution in [1.29, 1.82) is 0 Å². The van der Waals surface area contributed by atoms with Crippen LogP contribution in [-0.4, -0.2) is 24.5 Å². The summed E-state index contributed by atoms with van der Waals surface area (Å²) in [6.07, 6.45) is 4.41. The summed E-state index contributed by atoms with van der Waals surface area (Å²) < 4.78 is 0. The Labute approximate surface area is 108 Å². The normalized spacial score (nSPS) is 11.5. The molecule has 1 aromatic rings. The number of nitrogens with two attached hydrogens (primary N) is 1. The lowest BCUT2D eigenvalue weighted by molar-refractivity contribution is 0.815. The van der Waals surface area contributed by atoms with E-state index in [-0.39, 0.29) is 0 Å². The van der Waals surface area contributed by atoms with Gasteiger partial charge in [0, 0.05) is 12.2 Å². The monoisotopic (exact) mass is 251 g/mol. The first-order chi connectivity index (χ1) is 8.22. The number of aliphatic imine (C=N–C) groups is 1. The first-order valence-electron chi connectivity index (χ1n) is 5.85. The molecule has 4 heteroatoms. The van der Waals surface area contributed by atoms with Gasteiger partial charge in [0.2, 0.25) is 0 Å². The van der Waals surface area contributed by atoms with Gasteiger partial charge in [0.25, 0.3) is 0 Å². The second-order valence-corrected chi connectivity index (χ2v) is 4.94. The Bertz CT molecular complexity index is 346. The Morgan fingerprint density at radius 2 is 2.00 bits per heavy atom. The minimum absolute atomic E-state index is 0.498. The number of aryl methyl sites for hydroxylation is 1. The number of nitrogens with one attached hydrogen (secondary N) is 1. The molecule has 3 nitrogen and oxygen atoms in total. The number of unbranched alkanes of at least 4 members (excludes halogenated alkanes) is 1. The Morgan fingerprint density at radius 1 is 1.29 bits per heavy atom. The summed E-state index contributed by atoms with van der Waals surface area (Å²) >= 11 is 1.87. The third-order valence-corrected chi connectivity index (χ3v) is 3.06. The fourth-order valence-corrected chi connectivity index (χ4v) is 1.87. The minimum Gasteiger partial charge on any atom is -0.370 e. The highest BCUT2D eigenvalue weighted by molar-refractivity contribution is 7.98. The van der Waals surface area contributed by atoms with Gasteiger partial charge in [-0.25, -0.2) is 0 Å². The molecule has 0 radical (unpaired) electrons. The summed E-state index contributed by atoms with van der Waals surface area (Å²) in [5.74, 6) is 1.69. The van der Waals surface area contributed by atoms with Gasteiger partial charge < -0.3 is 11.1 Å². The van der Waals surface area contributed by atoms with E-state index in [2.05, 4.69) is 23.5 Å². The molecule has 0 unspecified atom stereocenters. The van der Waals surface area contributed by atoms with E-state index in [0.29, 0.717) is 5.96 Å². The zero-order valence-corrected chi connectivity index (χ0v) is 11.4. The van der Waals surface area contributed by atoms with Crippen molar-refractivity contribution in [2.24, 2.45) is 10.7 Å². The van der Waals surface area contributed by atoms with Gasteiger partial charge in [-0.05, 0) is 43.9 Å². The predicted molar refractivity (Wildman–Crippen MR) is 78.9 cm³/mol. The van der Waals surface area contributed by atoms with Gasteiger partial charge in [0.15, 0.2) is 5.96 Å². The van der Waals surface area contributed by atoms with Crippen molar-refractivity contribution in [3.63, 3.8) is 0 Å². The van der Waals surface area contributed by atoms with Gasteiger partial charge in [0.1, 0.15) is 0 Å². The molecule has 0 aromatic heterocycles. The summed E-state index contributed by atoms with van der Waals surface area (Å²) in [6, 6.07) is 8.11. The molecule has 0 aliphatic heterocycles. The quantitative estimate of drug-likeness (QED) is 0.464. The smallest absolute Gasteiger partial charge is 0.193 e. The standard InChI is InChI=1S/C13H21N3S/c1-11-5-7-12(8-6-11)16-13(14)15-9-3-4-10-17-2/h5-8H,3-4,9-10H2,1-2H3,(H3,14,15,16). The van der Waals surface area contributed by atoms with Crippen LogP contribution in [0.4, 0.5) is 5.69 Å². The molecule has 1 aromatic carbocycles. The Balaban J connectivity index is 2.30. The van der Waals surface area contributed by atoms with Crippen LogP contribution in [0.15, 0.2) is 29.3 Å². The molecule has 0 aliphatic carbocycles. The van der Waals surface area contributed by atoms with Gasteiger partial charge in [-0.15, -0.1) is 0 Å². The maximum absolute atomic E-state index is 5.79. The lowest BCUT2D eigenvalue weighted by atomic mass is 10.2. The molecule has 1 rings (SSSR count). The van der Waals surface area contributed by atoms with Crippen molar-refractivity contribution in [1.82, 2.24) is 0 Å². The van der Waals surface area contributed by atoms with E-state index in [4.69, 9.17) is 5.73 Å². The van der Waals surface area contributed by atoms with E-state index in [1.165, 1.54) is 17.7 Å². The molecule has 0 heterocycles. The number of hydrogen-bond acceptors (Lipinski definition) is 2. The third-order valence-electron chi connectivity index (χ3n) is 2.36. The number of nitrogens with zero attached hydrogens (tertiary/aromatic N) is 1. The van der Waals surface area contributed by atoms with Crippen LogP contribution in [0.2, 0.25) is 0 Å². The van der Waals surface area contributed by atoms with Crippen LogP contribution in [0, 0.1) is 6.92 Å². The van der Waals surface area contributed by atoms with Crippen LogP contribution >= 0.6 is 11.8 Å². The van der Waals surface area contributed by atoms with Crippen molar-refractivity contribution in [3.05, 3.63) is 29.8 Å². The predicted octanol–water partition coefficient (Wildman–Crippen LogP) is 2.86. The molecule has 0 amide bonds. The average molecular weight is 251 g/mol. The van der Waals surface area contributed by atoms with Crippen molar-refractivity contribution in [2.75, 3.05) is 23.9 Å². The fraction of sp³-hybridized carbons (Fsp3) is 0.462. The molecule has 0 aliphatic rings. The van der Waals surface area contributed by atoms with Crippen LogP contribution in [0.1, 0.15) is 18.4 Å². The number of hydrogen-bond donors (Lipinski definition) is 2. The average Bonchev–Trinajstić information content (AvgIpc) is 2.32. The number of thioether (sulfide) groups is 1. The molecule has 0 bridgehead atoms. The van der Waals surface area contributed by atoms with E-state index >= 15 is 0 Å². The Hall–Kier alpha value is -1.16. The number of rotatable bonds is 6. The summed E-state index contributed by atoms with van der Waals surface area (Å²) in [5, 5.41) is 3.08. The summed E-state index contributed by atoms with van der Waals surface area (Å²) in [6.45, 7) is 2.86. The van der Waals surface area contributed by atoms with Crippen molar-refractivity contribution >= 4 is 23.4 Å². The van der Waals surface area contributed by atoms with Crippen LogP contribution in [0.5, 0.6) is 0 Å². The zero-order valence-electron chi connectivity index (χ0n) is 10.6. The van der Waals surface area contributed by atoms with Crippen LogP contribution in [0.3, 0.4) is 0 Å². The van der Waals surface area contributed by atoms with E-state index in [1.54, 1.807) is 0 Å². The maximum Gasteiger partial charge on any atom is 0.193 e. The van der Waals surface area contributed by atoms with Gasteiger partial charge in [-0.1, -0.05) is 17.7 Å². The van der Waals surface area contributed by atoms with Crippen molar-refractivity contribution in [3.8, 4) is 0 Å². The highest BCUT2D eigenvalue weighted by Gasteiger charge is 1.94. The van der Waals surface area contributed by atoms with E-state index < -0.39 is 0 Å². The van der Waals surface area contributed by atoms with E-state index in [0.717, 1.165) is 18.7 Å². The Kier molecular flexibility index (Phi) is 6.55. The van der Waals surface area contributed by atoms with Gasteiger partial charge in [0.05, 0.1) is 0 Å². The molecule has 3 N–H and O–H groups in total. The molecule has 94 valence electrons. The maximum atomic E-state index is 5.79. The number of guanidine groups is 1. The number of anilines is 1. The molecular weight excluding hydrogens is 230 g/mol. The fourth-order valence-electron chi connectivity index (χ4n) is 1.38. The molecular formula is C13H21N3S. The van der Waals surface area contributed by atoms with Crippen LogP contribution < -0.4 is 11.1 Å². The molecule has 0 fully saturated rings. The minimum atomic E-state index is 0.498. The highest BCUT2D eigenvalue weighted by atomic mass is 32.2. The third kappa shape index (κ3) is 6.22. The lowest BCUT2D eigenvalue weighted by Crippen LogP contribution is -2.22. The molecule has 0 spiro atoms. The molecule has 0 saturated heterocycles. The van der Waals surface area contributed by atoms with Gasteiger partial charge in [-0.2, -0.15) is 11.8 Å². The molecule has 0 saturated carbocycles. The molecule has 0 atom stereocenters. The highest BCUT2D eigenvalue weighted by Crippen LogP contribution is 2.07. The first-order valence-corrected chi connectivity index (χ1v) is 7.24. The largest absolute Gasteiger partial charge is 0.370 e. The van der Waals surface area contributed by atoms with E-state index in [9.17, 15) is 0 Å². The zero-order chi connectivity index (χ0) is 12.5. The van der Waals surface area contributed by atoms with Gasteiger partial charge in [-0.3, -0.25) is 4.99 Å². The second kappa shape index (κ2) is 8.01. The Morgan fingerprint density at radius 3 is 2.65 bits per heavy atom. The van der Waals surface area contributed by atoms with Gasteiger partial charge >= 0.3 is 0 Å². The number of benzene rings is 1. The van der Waals surface area contributed by atoms with Crippen molar-refractivity contribution < 1.29 is 0 Å². The van der Waals surface area contributed by atoms with Crippen LogP contribution in [-0.2, 0) is 0 Å². The second-order valence-electron chi connectivity index (χ2n) is 3.96. The lowest BCUT2D eigenvalue weighted by Gasteiger charge is -2.05. The summed E-state index contributed by atoms with van der Waals surface area (Å²) in [4.78, 5) is 4.29. The first kappa shape index (κ1) is 13.9. The van der Waals surface area contributed by atoms with E-state index in [1.807, 2.05) is 36.0 Å². The van der Waals surface area contributed by atoms with Crippen LogP contribution in [0.25, 0.3) is 0 Å². The summed E-state index contributed by atoms with van der Waals surface area (Å²) in [7, 11) is 0. The molecule has 17 heavy (non-hydrogen) atoms. The SMILES string of the molecule is CSCCCCN=C(N)Nc1ccc(C)cc1. The topological polar surface area (TPSA) is 50.4 Å².